The summed E-state index contributed by atoms with van der Waals surface area (Å²) in [6.45, 7) is 3.39. The highest BCUT2D eigenvalue weighted by Gasteiger charge is 2.38. The lowest BCUT2D eigenvalue weighted by Crippen LogP contribution is -2.44. The Morgan fingerprint density at radius 1 is 1.18 bits per heavy atom. The van der Waals surface area contributed by atoms with Gasteiger partial charge < -0.3 is 10.2 Å². The Labute approximate surface area is 103 Å². The molecule has 1 aromatic rings. The summed E-state index contributed by atoms with van der Waals surface area (Å²) in [4.78, 5) is 2.73. The molecule has 2 nitrogen and oxygen atoms in total. The van der Waals surface area contributed by atoms with Crippen molar-refractivity contribution >= 4 is 5.69 Å². The van der Waals surface area contributed by atoms with Crippen LogP contribution in [0.1, 0.15) is 30.4 Å². The summed E-state index contributed by atoms with van der Waals surface area (Å²) in [5.74, 6) is 0.927. The molecule has 17 heavy (non-hydrogen) atoms. The molecule has 0 amide bonds. The van der Waals surface area contributed by atoms with E-state index >= 15 is 0 Å². The summed E-state index contributed by atoms with van der Waals surface area (Å²) >= 11 is 0. The van der Waals surface area contributed by atoms with Gasteiger partial charge in [-0.1, -0.05) is 24.6 Å². The average Bonchev–Trinajstić information content (AvgIpc) is 2.70. The van der Waals surface area contributed by atoms with Crippen LogP contribution in [0.25, 0.3) is 0 Å². The molecule has 0 radical (unpaired) electrons. The van der Waals surface area contributed by atoms with Crippen LogP contribution in [-0.2, 0) is 13.0 Å². The largest absolute Gasteiger partial charge is 0.366 e. The maximum Gasteiger partial charge on any atom is 0.0447 e. The molecule has 2 aliphatic heterocycles. The minimum atomic E-state index is 0.837. The summed E-state index contributed by atoms with van der Waals surface area (Å²) in [5, 5.41) is 3.56. The van der Waals surface area contributed by atoms with E-state index in [1.54, 1.807) is 11.3 Å². The van der Waals surface area contributed by atoms with E-state index in [1.807, 2.05) is 0 Å². The maximum atomic E-state index is 3.56. The molecule has 0 spiro atoms. The molecule has 1 aliphatic carbocycles. The van der Waals surface area contributed by atoms with E-state index in [9.17, 15) is 0 Å². The predicted molar refractivity (Wildman–Crippen MR) is 70.3 cm³/mol. The molecule has 2 atom stereocenters. The first-order chi connectivity index (χ1) is 8.43. The lowest BCUT2D eigenvalue weighted by Gasteiger charge is -2.41. The number of hydrogen-bond donors (Lipinski definition) is 1. The van der Waals surface area contributed by atoms with Gasteiger partial charge in [0.1, 0.15) is 0 Å². The zero-order chi connectivity index (χ0) is 11.2. The van der Waals surface area contributed by atoms with Crippen molar-refractivity contribution in [3.8, 4) is 0 Å². The number of fused-ring (bicyclic) bond motifs is 2. The van der Waals surface area contributed by atoms with Crippen LogP contribution in [0.2, 0.25) is 0 Å². The molecular weight excluding hydrogens is 208 g/mol. The molecule has 1 fully saturated rings. The topological polar surface area (TPSA) is 15.3 Å². The number of benzene rings is 1. The van der Waals surface area contributed by atoms with Gasteiger partial charge in [-0.05, 0) is 36.3 Å². The summed E-state index contributed by atoms with van der Waals surface area (Å²) < 4.78 is 0. The molecule has 1 saturated carbocycles. The van der Waals surface area contributed by atoms with E-state index in [0.29, 0.717) is 0 Å². The fourth-order valence-corrected chi connectivity index (χ4v) is 4.13. The SMILES string of the molecule is c1cc2c3c(c1)C[C@@H]1CCC[C@@H]1N3CCNC2. The number of rotatable bonds is 0. The minimum Gasteiger partial charge on any atom is -0.366 e. The van der Waals surface area contributed by atoms with Crippen molar-refractivity contribution in [2.45, 2.75) is 38.3 Å². The van der Waals surface area contributed by atoms with Gasteiger partial charge in [-0.25, -0.2) is 0 Å². The third-order valence-corrected chi connectivity index (χ3v) is 4.84. The van der Waals surface area contributed by atoms with Crippen LogP contribution in [0.3, 0.4) is 0 Å². The van der Waals surface area contributed by atoms with Crippen molar-refractivity contribution in [1.82, 2.24) is 5.32 Å². The van der Waals surface area contributed by atoms with Crippen molar-refractivity contribution in [1.29, 1.82) is 0 Å². The van der Waals surface area contributed by atoms with Crippen molar-refractivity contribution in [2.24, 2.45) is 5.92 Å². The van der Waals surface area contributed by atoms with Gasteiger partial charge in [0.15, 0.2) is 0 Å². The Bertz CT molecular complexity index is 441. The van der Waals surface area contributed by atoms with E-state index in [0.717, 1.165) is 25.0 Å². The van der Waals surface area contributed by atoms with E-state index in [2.05, 4.69) is 28.4 Å². The quantitative estimate of drug-likeness (QED) is 0.733. The monoisotopic (exact) mass is 228 g/mol. The van der Waals surface area contributed by atoms with Crippen molar-refractivity contribution in [2.75, 3.05) is 18.0 Å². The van der Waals surface area contributed by atoms with Crippen LogP contribution in [0.4, 0.5) is 5.69 Å². The number of nitrogens with one attached hydrogen (secondary N) is 1. The number of para-hydroxylation sites is 1. The molecule has 0 aromatic heterocycles. The summed E-state index contributed by atoms with van der Waals surface area (Å²) in [5.41, 5.74) is 4.71. The van der Waals surface area contributed by atoms with Crippen LogP contribution < -0.4 is 10.2 Å². The zero-order valence-electron chi connectivity index (χ0n) is 10.3. The van der Waals surface area contributed by atoms with Crippen molar-refractivity contribution in [3.63, 3.8) is 0 Å². The Hall–Kier alpha value is -1.02. The summed E-state index contributed by atoms with van der Waals surface area (Å²) in [6.07, 6.45) is 5.61. The molecule has 3 aliphatic rings. The van der Waals surface area contributed by atoms with Crippen molar-refractivity contribution < 1.29 is 0 Å². The first kappa shape index (κ1) is 9.95. The minimum absolute atomic E-state index is 0.837. The molecule has 2 heteroatoms. The van der Waals surface area contributed by atoms with Crippen LogP contribution >= 0.6 is 0 Å². The Balaban J connectivity index is 1.86. The van der Waals surface area contributed by atoms with Gasteiger partial charge in [-0.3, -0.25) is 0 Å². The van der Waals surface area contributed by atoms with Crippen LogP contribution in [0, 0.1) is 5.92 Å². The van der Waals surface area contributed by atoms with Gasteiger partial charge >= 0.3 is 0 Å². The number of hydrogen-bond acceptors (Lipinski definition) is 2. The summed E-state index contributed by atoms with van der Waals surface area (Å²) in [6, 6.07) is 7.74. The van der Waals surface area contributed by atoms with Crippen LogP contribution in [-0.4, -0.2) is 19.1 Å². The first-order valence-corrected chi connectivity index (χ1v) is 7.01. The van der Waals surface area contributed by atoms with Gasteiger partial charge in [0, 0.05) is 31.4 Å². The third-order valence-electron chi connectivity index (χ3n) is 4.84. The standard InChI is InChI=1S/C15H20N2/c1-4-12-9-11-3-2-6-14(11)17-8-7-16-10-13(5-1)15(12)17/h1,4-5,11,14,16H,2-3,6-10H2/t11-,14-/m0/s1. The smallest absolute Gasteiger partial charge is 0.0447 e. The lowest BCUT2D eigenvalue weighted by molar-refractivity contribution is 0.426. The van der Waals surface area contributed by atoms with Crippen LogP contribution in [0.15, 0.2) is 18.2 Å². The lowest BCUT2D eigenvalue weighted by atomic mass is 9.86. The third kappa shape index (κ3) is 1.43. The molecule has 1 N–H and O–H groups in total. The normalized spacial score (nSPS) is 30.7. The van der Waals surface area contributed by atoms with E-state index in [-0.39, 0.29) is 0 Å². The molecule has 1 aromatic carbocycles. The second kappa shape index (κ2) is 3.74. The highest BCUT2D eigenvalue weighted by molar-refractivity contribution is 5.63. The Morgan fingerprint density at radius 2 is 2.12 bits per heavy atom. The zero-order valence-corrected chi connectivity index (χ0v) is 10.3. The first-order valence-electron chi connectivity index (χ1n) is 7.01. The molecule has 0 bridgehead atoms. The number of anilines is 1. The predicted octanol–water partition coefficient (Wildman–Crippen LogP) is 2.32. The average molecular weight is 228 g/mol. The van der Waals surface area contributed by atoms with Gasteiger partial charge in [0.2, 0.25) is 0 Å². The fourth-order valence-electron chi connectivity index (χ4n) is 4.13. The van der Waals surface area contributed by atoms with Crippen molar-refractivity contribution in [3.05, 3.63) is 29.3 Å². The highest BCUT2D eigenvalue weighted by Crippen LogP contribution is 2.43. The maximum absolute atomic E-state index is 3.56. The second-order valence-corrected chi connectivity index (χ2v) is 5.76. The van der Waals surface area contributed by atoms with Crippen LogP contribution in [0.5, 0.6) is 0 Å². The van der Waals surface area contributed by atoms with E-state index < -0.39 is 0 Å². The molecule has 0 saturated heterocycles. The van der Waals surface area contributed by atoms with Gasteiger partial charge in [-0.15, -0.1) is 0 Å². The molecule has 4 rings (SSSR count). The Morgan fingerprint density at radius 3 is 3.12 bits per heavy atom. The molecule has 90 valence electrons. The van der Waals surface area contributed by atoms with Gasteiger partial charge in [0.05, 0.1) is 0 Å². The summed E-state index contributed by atoms with van der Waals surface area (Å²) in [7, 11) is 0. The fraction of sp³-hybridized carbons (Fsp3) is 0.600. The molecule has 2 heterocycles. The highest BCUT2D eigenvalue weighted by atomic mass is 15.2. The van der Waals surface area contributed by atoms with E-state index in [1.165, 1.54) is 37.8 Å². The molecular formula is C15H20N2. The van der Waals surface area contributed by atoms with E-state index in [4.69, 9.17) is 0 Å². The van der Waals surface area contributed by atoms with Gasteiger partial charge in [-0.2, -0.15) is 0 Å². The molecule has 0 unspecified atom stereocenters. The second-order valence-electron chi connectivity index (χ2n) is 5.76. The Kier molecular flexibility index (Phi) is 2.19. The van der Waals surface area contributed by atoms with Gasteiger partial charge in [0.25, 0.3) is 0 Å². The number of nitrogens with zero attached hydrogens (tertiary/aromatic N) is 1.